The zero-order chi connectivity index (χ0) is 13.3. The first-order valence-corrected chi connectivity index (χ1v) is 7.37. The van der Waals surface area contributed by atoms with Gasteiger partial charge < -0.3 is 15.1 Å². The molecule has 0 aliphatic carbocycles. The van der Waals surface area contributed by atoms with Gasteiger partial charge in [0.05, 0.1) is 6.54 Å². The Kier molecular flexibility index (Phi) is 3.76. The highest BCUT2D eigenvalue weighted by Crippen LogP contribution is 2.24. The summed E-state index contributed by atoms with van der Waals surface area (Å²) >= 11 is 0. The first-order chi connectivity index (χ1) is 8.45. The van der Waals surface area contributed by atoms with Gasteiger partial charge in [-0.3, -0.25) is 0 Å². The molecule has 1 aliphatic heterocycles. The monoisotopic (exact) mass is 273 g/mol. The summed E-state index contributed by atoms with van der Waals surface area (Å²) in [6.45, 7) is 4.39. The van der Waals surface area contributed by atoms with Crippen molar-refractivity contribution in [3.63, 3.8) is 0 Å². The predicted molar refractivity (Wildman–Crippen MR) is 67.6 cm³/mol. The van der Waals surface area contributed by atoms with E-state index in [1.807, 2.05) is 7.05 Å². The number of likely N-dealkylation sites (N-methyl/N-ethyl adjacent to an activating group) is 1. The summed E-state index contributed by atoms with van der Waals surface area (Å²) in [4.78, 5) is 2.35. The lowest BCUT2D eigenvalue weighted by atomic mass is 10.4. The van der Waals surface area contributed by atoms with Crippen LogP contribution < -0.4 is 5.73 Å². The molecular formula is C11H19N3O3S. The fourth-order valence-electron chi connectivity index (χ4n) is 2.05. The van der Waals surface area contributed by atoms with Crippen LogP contribution in [0.25, 0.3) is 0 Å². The number of sulfonamides is 1. The largest absolute Gasteiger partial charge is 0.464 e. The number of rotatable bonds is 3. The van der Waals surface area contributed by atoms with E-state index in [9.17, 15) is 8.42 Å². The highest BCUT2D eigenvalue weighted by Gasteiger charge is 2.30. The van der Waals surface area contributed by atoms with Crippen LogP contribution in [0, 0.1) is 6.92 Å². The topological polar surface area (TPSA) is 79.8 Å². The van der Waals surface area contributed by atoms with Crippen molar-refractivity contribution in [2.45, 2.75) is 18.4 Å². The second kappa shape index (κ2) is 5.00. The van der Waals surface area contributed by atoms with Crippen LogP contribution in [-0.2, 0) is 16.6 Å². The van der Waals surface area contributed by atoms with Crippen molar-refractivity contribution >= 4 is 10.0 Å². The molecule has 1 saturated heterocycles. The Balaban J connectivity index is 2.27. The molecule has 0 unspecified atom stereocenters. The van der Waals surface area contributed by atoms with Crippen molar-refractivity contribution in [1.29, 1.82) is 0 Å². The first-order valence-electron chi connectivity index (χ1n) is 5.93. The van der Waals surface area contributed by atoms with Gasteiger partial charge >= 0.3 is 0 Å². The normalized spacial score (nSPS) is 19.3. The van der Waals surface area contributed by atoms with Crippen LogP contribution in [0.4, 0.5) is 0 Å². The Morgan fingerprint density at radius 1 is 1.33 bits per heavy atom. The zero-order valence-corrected chi connectivity index (χ0v) is 11.5. The van der Waals surface area contributed by atoms with E-state index in [1.165, 1.54) is 10.4 Å². The Labute approximate surface area is 107 Å². The van der Waals surface area contributed by atoms with E-state index >= 15 is 0 Å². The molecule has 6 nitrogen and oxygen atoms in total. The Morgan fingerprint density at radius 2 is 1.94 bits per heavy atom. The lowest BCUT2D eigenvalue weighted by Gasteiger charge is -2.31. The minimum atomic E-state index is -3.45. The maximum absolute atomic E-state index is 12.5. The van der Waals surface area contributed by atoms with E-state index in [-0.39, 0.29) is 11.4 Å². The maximum atomic E-state index is 12.5. The van der Waals surface area contributed by atoms with Gasteiger partial charge in [-0.05, 0) is 14.0 Å². The molecule has 0 aromatic carbocycles. The van der Waals surface area contributed by atoms with Crippen molar-refractivity contribution < 1.29 is 12.8 Å². The van der Waals surface area contributed by atoms with Gasteiger partial charge in [0, 0.05) is 32.2 Å². The van der Waals surface area contributed by atoms with Crippen molar-refractivity contribution in [3.05, 3.63) is 17.6 Å². The van der Waals surface area contributed by atoms with Gasteiger partial charge in [0.15, 0.2) is 0 Å². The van der Waals surface area contributed by atoms with Crippen LogP contribution in [0.3, 0.4) is 0 Å². The molecule has 0 bridgehead atoms. The Hall–Kier alpha value is -0.890. The van der Waals surface area contributed by atoms with E-state index < -0.39 is 10.0 Å². The Morgan fingerprint density at radius 3 is 2.44 bits per heavy atom. The Bertz CT molecular complexity index is 516. The molecule has 18 heavy (non-hydrogen) atoms. The summed E-state index contributed by atoms with van der Waals surface area (Å²) < 4.78 is 31.7. The van der Waals surface area contributed by atoms with Crippen LogP contribution in [0.1, 0.15) is 11.5 Å². The zero-order valence-electron chi connectivity index (χ0n) is 10.7. The molecule has 1 fully saturated rings. The third kappa shape index (κ3) is 2.44. The molecule has 0 spiro atoms. The second-order valence-corrected chi connectivity index (χ2v) is 6.45. The SMILES string of the molecule is Cc1oc(CN)cc1S(=O)(=O)N1CCN(C)CC1. The molecule has 1 aliphatic rings. The van der Waals surface area contributed by atoms with Gasteiger partial charge in [0.25, 0.3) is 0 Å². The van der Waals surface area contributed by atoms with Crippen LogP contribution >= 0.6 is 0 Å². The van der Waals surface area contributed by atoms with Crippen LogP contribution in [0.2, 0.25) is 0 Å². The van der Waals surface area contributed by atoms with Gasteiger partial charge in [-0.1, -0.05) is 0 Å². The van der Waals surface area contributed by atoms with Crippen molar-refractivity contribution in [1.82, 2.24) is 9.21 Å². The molecule has 2 rings (SSSR count). The van der Waals surface area contributed by atoms with Crippen molar-refractivity contribution in [3.8, 4) is 0 Å². The number of hydrogen-bond acceptors (Lipinski definition) is 5. The molecule has 1 aromatic heterocycles. The molecule has 102 valence electrons. The predicted octanol–water partition coefficient (Wildman–Crippen LogP) is -0.0172. The standard InChI is InChI=1S/C11H19N3O3S/c1-9-11(7-10(8-12)17-9)18(15,16)14-5-3-13(2)4-6-14/h7H,3-6,8,12H2,1-2H3. The van der Waals surface area contributed by atoms with E-state index in [0.29, 0.717) is 24.6 Å². The molecule has 0 amide bonds. The smallest absolute Gasteiger partial charge is 0.246 e. The van der Waals surface area contributed by atoms with Crippen molar-refractivity contribution in [2.75, 3.05) is 33.2 Å². The molecule has 2 heterocycles. The van der Waals surface area contributed by atoms with Crippen LogP contribution in [0.5, 0.6) is 0 Å². The number of aryl methyl sites for hydroxylation is 1. The van der Waals surface area contributed by atoms with E-state index in [2.05, 4.69) is 4.90 Å². The number of hydrogen-bond donors (Lipinski definition) is 1. The summed E-state index contributed by atoms with van der Waals surface area (Å²) in [5, 5.41) is 0. The average molecular weight is 273 g/mol. The quantitative estimate of drug-likeness (QED) is 0.837. The fraction of sp³-hybridized carbons (Fsp3) is 0.636. The highest BCUT2D eigenvalue weighted by molar-refractivity contribution is 7.89. The molecule has 1 aromatic rings. The minimum Gasteiger partial charge on any atom is -0.464 e. The molecule has 0 saturated carbocycles. The van der Waals surface area contributed by atoms with E-state index in [4.69, 9.17) is 10.2 Å². The maximum Gasteiger partial charge on any atom is 0.246 e. The fourth-order valence-corrected chi connectivity index (χ4v) is 3.66. The third-order valence-electron chi connectivity index (χ3n) is 3.20. The summed E-state index contributed by atoms with van der Waals surface area (Å²) in [6.07, 6.45) is 0. The van der Waals surface area contributed by atoms with Gasteiger partial charge in [0.2, 0.25) is 10.0 Å². The van der Waals surface area contributed by atoms with Crippen LogP contribution in [-0.4, -0.2) is 50.8 Å². The van der Waals surface area contributed by atoms with E-state index in [0.717, 1.165) is 13.1 Å². The van der Waals surface area contributed by atoms with Gasteiger partial charge in [-0.15, -0.1) is 0 Å². The lowest BCUT2D eigenvalue weighted by Crippen LogP contribution is -2.47. The highest BCUT2D eigenvalue weighted by atomic mass is 32.2. The number of piperazine rings is 1. The minimum absolute atomic E-state index is 0.207. The average Bonchev–Trinajstić information content (AvgIpc) is 2.72. The third-order valence-corrected chi connectivity index (χ3v) is 5.21. The second-order valence-electron chi connectivity index (χ2n) is 4.54. The van der Waals surface area contributed by atoms with Gasteiger partial charge in [-0.2, -0.15) is 4.31 Å². The van der Waals surface area contributed by atoms with Gasteiger partial charge in [0.1, 0.15) is 16.4 Å². The summed E-state index contributed by atoms with van der Waals surface area (Å²) in [7, 11) is -1.46. The van der Waals surface area contributed by atoms with Gasteiger partial charge in [-0.25, -0.2) is 8.42 Å². The molecule has 0 radical (unpaired) electrons. The number of nitrogens with zero attached hydrogens (tertiary/aromatic N) is 2. The number of furan rings is 1. The summed E-state index contributed by atoms with van der Waals surface area (Å²) in [6, 6.07) is 1.53. The molecule has 7 heteroatoms. The summed E-state index contributed by atoms with van der Waals surface area (Å²) in [5.41, 5.74) is 5.46. The van der Waals surface area contributed by atoms with Crippen molar-refractivity contribution in [2.24, 2.45) is 5.73 Å². The molecule has 2 N–H and O–H groups in total. The summed E-state index contributed by atoms with van der Waals surface area (Å²) in [5.74, 6) is 0.912. The molecular weight excluding hydrogens is 254 g/mol. The lowest BCUT2D eigenvalue weighted by molar-refractivity contribution is 0.222. The first kappa shape index (κ1) is 13.5. The van der Waals surface area contributed by atoms with Crippen LogP contribution in [0.15, 0.2) is 15.4 Å². The molecule has 0 atom stereocenters. The number of nitrogens with two attached hydrogens (primary N) is 1. The van der Waals surface area contributed by atoms with E-state index in [1.54, 1.807) is 6.92 Å².